The molecule has 1 saturated heterocycles. The van der Waals surface area contributed by atoms with Gasteiger partial charge in [-0.3, -0.25) is 0 Å². The molecule has 0 saturated carbocycles. The van der Waals surface area contributed by atoms with Crippen LogP contribution in [0.4, 0.5) is 0 Å². The van der Waals surface area contributed by atoms with Crippen LogP contribution in [0, 0.1) is 0 Å². The number of rotatable bonds is 3. The maximum atomic E-state index is 4.00. The highest BCUT2D eigenvalue weighted by atomic mass is 35.5. The summed E-state index contributed by atoms with van der Waals surface area (Å²) >= 11 is 0. The molecule has 1 aromatic heterocycles. The SMILES string of the molecule is Cl.Cl.c1ncc(CCN2CCNCC2)[nH]1. The van der Waals surface area contributed by atoms with E-state index in [1.807, 2.05) is 6.20 Å². The highest BCUT2D eigenvalue weighted by Crippen LogP contribution is 1.97. The zero-order valence-corrected chi connectivity index (χ0v) is 10.2. The van der Waals surface area contributed by atoms with Crippen LogP contribution in [0.3, 0.4) is 0 Å². The summed E-state index contributed by atoms with van der Waals surface area (Å²) in [6.07, 6.45) is 4.73. The Kier molecular flexibility index (Phi) is 7.78. The molecule has 2 heterocycles. The summed E-state index contributed by atoms with van der Waals surface area (Å²) in [6, 6.07) is 0. The summed E-state index contributed by atoms with van der Waals surface area (Å²) in [7, 11) is 0. The second-order valence-corrected chi connectivity index (χ2v) is 3.42. The average Bonchev–Trinajstić information content (AvgIpc) is 2.69. The van der Waals surface area contributed by atoms with E-state index in [1.54, 1.807) is 6.33 Å². The normalized spacial score (nSPS) is 16.5. The van der Waals surface area contributed by atoms with Crippen LogP contribution in [0.2, 0.25) is 0 Å². The van der Waals surface area contributed by atoms with E-state index in [9.17, 15) is 0 Å². The minimum atomic E-state index is 0. The zero-order valence-electron chi connectivity index (χ0n) is 8.61. The molecule has 1 aliphatic heterocycles. The molecule has 1 aromatic rings. The van der Waals surface area contributed by atoms with Crippen molar-refractivity contribution >= 4 is 24.8 Å². The Bertz CT molecular complexity index is 234. The maximum Gasteiger partial charge on any atom is 0.0921 e. The van der Waals surface area contributed by atoms with Crippen molar-refractivity contribution in [2.24, 2.45) is 0 Å². The molecule has 0 bridgehead atoms. The third-order valence-electron chi connectivity index (χ3n) is 2.46. The molecular formula is C9H18Cl2N4. The average molecular weight is 253 g/mol. The highest BCUT2D eigenvalue weighted by Gasteiger charge is 2.08. The standard InChI is InChI=1S/C9H16N4.2ClH/c1(9-7-11-8-12-9)4-13-5-2-10-3-6-13;;/h7-8,10H,1-6H2,(H,11,12);2*1H. The van der Waals surface area contributed by atoms with Crippen molar-refractivity contribution in [1.82, 2.24) is 20.2 Å². The van der Waals surface area contributed by atoms with Crippen molar-refractivity contribution in [3.05, 3.63) is 18.2 Å². The minimum absolute atomic E-state index is 0. The van der Waals surface area contributed by atoms with Crippen molar-refractivity contribution in [3.63, 3.8) is 0 Å². The Labute approximate surface area is 103 Å². The monoisotopic (exact) mass is 252 g/mol. The van der Waals surface area contributed by atoms with E-state index in [0.29, 0.717) is 0 Å². The van der Waals surface area contributed by atoms with Gasteiger partial charge in [0.2, 0.25) is 0 Å². The number of hydrogen-bond acceptors (Lipinski definition) is 3. The van der Waals surface area contributed by atoms with Crippen LogP contribution < -0.4 is 5.32 Å². The van der Waals surface area contributed by atoms with Crippen molar-refractivity contribution in [3.8, 4) is 0 Å². The third-order valence-corrected chi connectivity index (χ3v) is 2.46. The second kappa shape index (κ2) is 7.93. The molecule has 4 nitrogen and oxygen atoms in total. The van der Waals surface area contributed by atoms with E-state index >= 15 is 0 Å². The largest absolute Gasteiger partial charge is 0.348 e. The van der Waals surface area contributed by atoms with Gasteiger partial charge in [-0.15, -0.1) is 24.8 Å². The topological polar surface area (TPSA) is 44.0 Å². The molecule has 0 aromatic carbocycles. The fourth-order valence-electron chi connectivity index (χ4n) is 1.63. The summed E-state index contributed by atoms with van der Waals surface area (Å²) < 4.78 is 0. The van der Waals surface area contributed by atoms with Gasteiger partial charge in [0, 0.05) is 51.0 Å². The number of nitrogens with one attached hydrogen (secondary N) is 2. The number of aromatic amines is 1. The van der Waals surface area contributed by atoms with Gasteiger partial charge >= 0.3 is 0 Å². The van der Waals surface area contributed by atoms with Gasteiger partial charge in [0.25, 0.3) is 0 Å². The maximum absolute atomic E-state index is 4.00. The number of aromatic nitrogens is 2. The van der Waals surface area contributed by atoms with Crippen molar-refractivity contribution in [2.75, 3.05) is 32.7 Å². The van der Waals surface area contributed by atoms with Gasteiger partial charge in [-0.2, -0.15) is 0 Å². The molecule has 0 spiro atoms. The van der Waals surface area contributed by atoms with Gasteiger partial charge in [0.15, 0.2) is 0 Å². The zero-order chi connectivity index (χ0) is 8.93. The van der Waals surface area contributed by atoms with Gasteiger partial charge in [-0.1, -0.05) is 0 Å². The van der Waals surface area contributed by atoms with Crippen molar-refractivity contribution in [2.45, 2.75) is 6.42 Å². The molecule has 88 valence electrons. The Balaban J connectivity index is 0.000000980. The Morgan fingerprint density at radius 1 is 1.27 bits per heavy atom. The lowest BCUT2D eigenvalue weighted by Crippen LogP contribution is -2.44. The van der Waals surface area contributed by atoms with Gasteiger partial charge in [-0.25, -0.2) is 4.98 Å². The van der Waals surface area contributed by atoms with Crippen molar-refractivity contribution in [1.29, 1.82) is 0 Å². The number of halogens is 2. The quantitative estimate of drug-likeness (QED) is 0.833. The number of hydrogen-bond donors (Lipinski definition) is 2. The fourth-order valence-corrected chi connectivity index (χ4v) is 1.63. The minimum Gasteiger partial charge on any atom is -0.348 e. The summed E-state index contributed by atoms with van der Waals surface area (Å²) in [5, 5.41) is 3.35. The second-order valence-electron chi connectivity index (χ2n) is 3.42. The predicted octanol–water partition coefficient (Wildman–Crippen LogP) is 0.701. The van der Waals surface area contributed by atoms with E-state index in [4.69, 9.17) is 0 Å². The molecule has 15 heavy (non-hydrogen) atoms. The van der Waals surface area contributed by atoms with Crippen LogP contribution in [0.1, 0.15) is 5.69 Å². The lowest BCUT2D eigenvalue weighted by Gasteiger charge is -2.26. The lowest BCUT2D eigenvalue weighted by molar-refractivity contribution is 0.243. The molecule has 0 atom stereocenters. The van der Waals surface area contributed by atoms with E-state index in [1.165, 1.54) is 18.8 Å². The Morgan fingerprint density at radius 3 is 2.60 bits per heavy atom. The molecule has 1 aliphatic rings. The molecule has 0 amide bonds. The van der Waals surface area contributed by atoms with Crippen LogP contribution in [0.15, 0.2) is 12.5 Å². The summed E-state index contributed by atoms with van der Waals surface area (Å²) in [5.74, 6) is 0. The van der Waals surface area contributed by atoms with Gasteiger partial charge in [0.05, 0.1) is 6.33 Å². The fraction of sp³-hybridized carbons (Fsp3) is 0.667. The van der Waals surface area contributed by atoms with E-state index in [0.717, 1.165) is 26.1 Å². The van der Waals surface area contributed by atoms with Gasteiger partial charge < -0.3 is 15.2 Å². The first-order chi connectivity index (χ1) is 6.45. The summed E-state index contributed by atoms with van der Waals surface area (Å²) in [5.41, 5.74) is 1.23. The Hall–Kier alpha value is -0.290. The number of nitrogens with zero attached hydrogens (tertiary/aromatic N) is 2. The molecule has 0 aliphatic carbocycles. The van der Waals surface area contributed by atoms with Crippen LogP contribution in [0.5, 0.6) is 0 Å². The van der Waals surface area contributed by atoms with E-state index < -0.39 is 0 Å². The first-order valence-corrected chi connectivity index (χ1v) is 4.85. The number of piperazine rings is 1. The van der Waals surface area contributed by atoms with Crippen LogP contribution in [-0.2, 0) is 6.42 Å². The molecule has 1 fully saturated rings. The first-order valence-electron chi connectivity index (χ1n) is 4.85. The van der Waals surface area contributed by atoms with Gasteiger partial charge in [-0.05, 0) is 0 Å². The smallest absolute Gasteiger partial charge is 0.0921 e. The molecule has 6 heteroatoms. The lowest BCUT2D eigenvalue weighted by atomic mass is 10.3. The Morgan fingerprint density at radius 2 is 2.00 bits per heavy atom. The molecule has 0 radical (unpaired) electrons. The van der Waals surface area contributed by atoms with Crippen LogP contribution in [-0.4, -0.2) is 47.6 Å². The highest BCUT2D eigenvalue weighted by molar-refractivity contribution is 5.85. The number of H-pyrrole nitrogens is 1. The van der Waals surface area contributed by atoms with E-state index in [2.05, 4.69) is 20.2 Å². The molecule has 2 rings (SSSR count). The van der Waals surface area contributed by atoms with Gasteiger partial charge in [0.1, 0.15) is 0 Å². The van der Waals surface area contributed by atoms with E-state index in [-0.39, 0.29) is 24.8 Å². The first kappa shape index (κ1) is 14.7. The third kappa shape index (κ3) is 4.84. The molecule has 0 unspecified atom stereocenters. The predicted molar refractivity (Wildman–Crippen MR) is 66.1 cm³/mol. The molecule has 2 N–H and O–H groups in total. The summed E-state index contributed by atoms with van der Waals surface area (Å²) in [6.45, 7) is 5.75. The summed E-state index contributed by atoms with van der Waals surface area (Å²) in [4.78, 5) is 9.61. The van der Waals surface area contributed by atoms with Crippen LogP contribution in [0.25, 0.3) is 0 Å². The number of imidazole rings is 1. The van der Waals surface area contributed by atoms with Crippen molar-refractivity contribution < 1.29 is 0 Å². The van der Waals surface area contributed by atoms with Crippen LogP contribution >= 0.6 is 24.8 Å². The molecular weight excluding hydrogens is 235 g/mol.